The van der Waals surface area contributed by atoms with Gasteiger partial charge in [0.25, 0.3) is 0 Å². The van der Waals surface area contributed by atoms with E-state index in [0.717, 1.165) is 31.2 Å². The predicted molar refractivity (Wildman–Crippen MR) is 92.6 cm³/mol. The summed E-state index contributed by atoms with van der Waals surface area (Å²) in [5.41, 5.74) is 6.92. The second-order valence-electron chi connectivity index (χ2n) is 5.99. The van der Waals surface area contributed by atoms with Crippen LogP contribution in [0.3, 0.4) is 0 Å². The zero-order chi connectivity index (χ0) is 15.4. The van der Waals surface area contributed by atoms with Gasteiger partial charge in [-0.2, -0.15) is 0 Å². The van der Waals surface area contributed by atoms with Crippen LogP contribution in [-0.2, 0) is 11.2 Å². The second kappa shape index (κ2) is 8.85. The van der Waals surface area contributed by atoms with Crippen molar-refractivity contribution in [2.45, 2.75) is 51.1 Å². The standard InChI is InChI=1S/C16H22BrFN2O.ClH/c1-10(7-11-5-6-15(18)14(17)8-11)20-16(21)12-3-2-4-13(19)9-12;/h5-6,8,10,12-13H,2-4,7,9,19H2,1H3,(H,20,21);1H. The van der Waals surface area contributed by atoms with Gasteiger partial charge >= 0.3 is 0 Å². The minimum atomic E-state index is -0.272. The van der Waals surface area contributed by atoms with Crippen LogP contribution >= 0.6 is 28.3 Å². The Balaban J connectivity index is 0.00000242. The molecule has 6 heteroatoms. The summed E-state index contributed by atoms with van der Waals surface area (Å²) in [6.45, 7) is 1.97. The largest absolute Gasteiger partial charge is 0.353 e. The lowest BCUT2D eigenvalue weighted by Gasteiger charge is -2.27. The molecule has 22 heavy (non-hydrogen) atoms. The molecule has 3 unspecified atom stereocenters. The summed E-state index contributed by atoms with van der Waals surface area (Å²) >= 11 is 3.18. The van der Waals surface area contributed by atoms with Gasteiger partial charge in [0, 0.05) is 18.0 Å². The van der Waals surface area contributed by atoms with Crippen molar-refractivity contribution in [1.82, 2.24) is 5.32 Å². The highest BCUT2D eigenvalue weighted by molar-refractivity contribution is 9.10. The fraction of sp³-hybridized carbons (Fsp3) is 0.562. The number of halogens is 3. The van der Waals surface area contributed by atoms with E-state index in [0.29, 0.717) is 10.9 Å². The van der Waals surface area contributed by atoms with E-state index in [9.17, 15) is 9.18 Å². The molecule has 3 nitrogen and oxygen atoms in total. The summed E-state index contributed by atoms with van der Waals surface area (Å²) < 4.78 is 13.7. The van der Waals surface area contributed by atoms with Gasteiger partial charge in [-0.25, -0.2) is 4.39 Å². The first kappa shape index (κ1) is 19.4. The van der Waals surface area contributed by atoms with Gasteiger partial charge in [-0.3, -0.25) is 4.79 Å². The summed E-state index contributed by atoms with van der Waals surface area (Å²) in [6, 6.07) is 5.12. The van der Waals surface area contributed by atoms with Gasteiger partial charge in [0.1, 0.15) is 5.82 Å². The average molecular weight is 394 g/mol. The van der Waals surface area contributed by atoms with Crippen molar-refractivity contribution in [2.75, 3.05) is 0 Å². The van der Waals surface area contributed by atoms with E-state index < -0.39 is 0 Å². The quantitative estimate of drug-likeness (QED) is 0.821. The van der Waals surface area contributed by atoms with E-state index in [4.69, 9.17) is 5.73 Å². The van der Waals surface area contributed by atoms with Gasteiger partial charge in [-0.15, -0.1) is 12.4 Å². The van der Waals surface area contributed by atoms with Crippen molar-refractivity contribution >= 4 is 34.2 Å². The first-order chi connectivity index (χ1) is 9.95. The summed E-state index contributed by atoms with van der Waals surface area (Å²) in [7, 11) is 0. The number of nitrogens with two attached hydrogens (primary N) is 1. The minimum Gasteiger partial charge on any atom is -0.353 e. The zero-order valence-electron chi connectivity index (χ0n) is 12.6. The smallest absolute Gasteiger partial charge is 0.223 e. The number of rotatable bonds is 4. The average Bonchev–Trinajstić information content (AvgIpc) is 2.43. The molecule has 0 heterocycles. The van der Waals surface area contributed by atoms with Gasteiger partial charge in [-0.05, 0) is 66.2 Å². The van der Waals surface area contributed by atoms with E-state index in [-0.39, 0.29) is 42.1 Å². The van der Waals surface area contributed by atoms with Crippen molar-refractivity contribution in [3.05, 3.63) is 34.1 Å². The van der Waals surface area contributed by atoms with Gasteiger partial charge in [0.05, 0.1) is 4.47 Å². The van der Waals surface area contributed by atoms with E-state index in [1.807, 2.05) is 6.92 Å². The van der Waals surface area contributed by atoms with Crippen LogP contribution in [0.5, 0.6) is 0 Å². The van der Waals surface area contributed by atoms with E-state index in [1.165, 1.54) is 6.07 Å². The Morgan fingerprint density at radius 3 is 2.86 bits per heavy atom. The third-order valence-electron chi connectivity index (χ3n) is 4.00. The summed E-state index contributed by atoms with van der Waals surface area (Å²) in [6.07, 6.45) is 4.43. The summed E-state index contributed by atoms with van der Waals surface area (Å²) in [5, 5.41) is 3.05. The molecular weight excluding hydrogens is 371 g/mol. The molecule has 0 radical (unpaired) electrons. The van der Waals surface area contributed by atoms with Crippen molar-refractivity contribution in [1.29, 1.82) is 0 Å². The Hall–Kier alpha value is -0.650. The lowest BCUT2D eigenvalue weighted by atomic mass is 9.85. The highest BCUT2D eigenvalue weighted by Gasteiger charge is 2.26. The van der Waals surface area contributed by atoms with Crippen LogP contribution < -0.4 is 11.1 Å². The number of carbonyl (C=O) groups excluding carboxylic acids is 1. The van der Waals surface area contributed by atoms with Crippen LogP contribution in [0.1, 0.15) is 38.2 Å². The van der Waals surface area contributed by atoms with Crippen LogP contribution in [0.4, 0.5) is 4.39 Å². The number of benzene rings is 1. The van der Waals surface area contributed by atoms with Crippen LogP contribution in [0.2, 0.25) is 0 Å². The van der Waals surface area contributed by atoms with E-state index in [2.05, 4.69) is 21.2 Å². The molecule has 124 valence electrons. The number of carbonyl (C=O) groups is 1. The third-order valence-corrected chi connectivity index (χ3v) is 4.61. The molecular formula is C16H23BrClFN2O. The fourth-order valence-corrected chi connectivity index (χ4v) is 3.32. The van der Waals surface area contributed by atoms with Crippen molar-refractivity contribution in [2.24, 2.45) is 11.7 Å². The normalized spacial score (nSPS) is 22.5. The minimum absolute atomic E-state index is 0. The van der Waals surface area contributed by atoms with Gasteiger partial charge in [0.2, 0.25) is 5.91 Å². The molecule has 1 amide bonds. The molecule has 3 N–H and O–H groups in total. The Labute approximate surface area is 145 Å². The molecule has 2 rings (SSSR count). The first-order valence-electron chi connectivity index (χ1n) is 7.45. The highest BCUT2D eigenvalue weighted by atomic mass is 79.9. The summed E-state index contributed by atoms with van der Waals surface area (Å²) in [5.74, 6) is -0.137. The van der Waals surface area contributed by atoms with Crippen LogP contribution in [0, 0.1) is 11.7 Å². The second-order valence-corrected chi connectivity index (χ2v) is 6.84. The Bertz CT molecular complexity index is 515. The molecule has 1 aromatic carbocycles. The maximum atomic E-state index is 13.2. The molecule has 1 aromatic rings. The SMILES string of the molecule is CC(Cc1ccc(F)c(Br)c1)NC(=O)C1CCCC(N)C1.Cl. The predicted octanol–water partition coefficient (Wildman–Crippen LogP) is 3.57. The molecule has 0 saturated heterocycles. The van der Waals surface area contributed by atoms with Gasteiger partial charge in [-0.1, -0.05) is 12.5 Å². The van der Waals surface area contributed by atoms with Crippen molar-refractivity contribution < 1.29 is 9.18 Å². The maximum absolute atomic E-state index is 13.2. The number of amides is 1. The van der Waals surface area contributed by atoms with Gasteiger partial charge < -0.3 is 11.1 Å². The van der Waals surface area contributed by atoms with Gasteiger partial charge in [0.15, 0.2) is 0 Å². The first-order valence-corrected chi connectivity index (χ1v) is 8.25. The van der Waals surface area contributed by atoms with E-state index >= 15 is 0 Å². The molecule has 3 atom stereocenters. The highest BCUT2D eigenvalue weighted by Crippen LogP contribution is 2.23. The maximum Gasteiger partial charge on any atom is 0.223 e. The summed E-state index contributed by atoms with van der Waals surface area (Å²) in [4.78, 5) is 12.2. The molecule has 1 aliphatic rings. The zero-order valence-corrected chi connectivity index (χ0v) is 15.1. The lowest BCUT2D eigenvalue weighted by Crippen LogP contribution is -2.42. The Kier molecular flexibility index (Phi) is 7.80. The lowest BCUT2D eigenvalue weighted by molar-refractivity contribution is -0.126. The number of hydrogen-bond acceptors (Lipinski definition) is 2. The number of hydrogen-bond donors (Lipinski definition) is 2. The molecule has 0 aliphatic heterocycles. The number of nitrogens with one attached hydrogen (secondary N) is 1. The molecule has 1 fully saturated rings. The molecule has 0 spiro atoms. The van der Waals surface area contributed by atoms with Crippen molar-refractivity contribution in [3.63, 3.8) is 0 Å². The monoisotopic (exact) mass is 392 g/mol. The van der Waals surface area contributed by atoms with Crippen LogP contribution in [0.25, 0.3) is 0 Å². The van der Waals surface area contributed by atoms with Crippen molar-refractivity contribution in [3.8, 4) is 0 Å². The molecule has 1 saturated carbocycles. The Morgan fingerprint density at radius 2 is 2.23 bits per heavy atom. The van der Waals surface area contributed by atoms with Crippen LogP contribution in [0.15, 0.2) is 22.7 Å². The van der Waals surface area contributed by atoms with Crippen LogP contribution in [-0.4, -0.2) is 18.0 Å². The fourth-order valence-electron chi connectivity index (χ4n) is 2.90. The molecule has 0 aromatic heterocycles. The molecule has 0 bridgehead atoms. The topological polar surface area (TPSA) is 55.1 Å². The Morgan fingerprint density at radius 1 is 1.50 bits per heavy atom. The van der Waals surface area contributed by atoms with E-state index in [1.54, 1.807) is 12.1 Å². The molecule has 1 aliphatic carbocycles. The third kappa shape index (κ3) is 5.52.